The van der Waals surface area contributed by atoms with E-state index in [1.165, 1.54) is 6.08 Å². The summed E-state index contributed by atoms with van der Waals surface area (Å²) in [6.07, 6.45) is 4.31. The largest absolute Gasteiger partial charge is 0.480 e. The fraction of sp³-hybridized carbons (Fsp3) is 0.688. The van der Waals surface area contributed by atoms with Crippen LogP contribution in [0.1, 0.15) is 39.5 Å². The highest BCUT2D eigenvalue weighted by atomic mass is 16.4. The third kappa shape index (κ3) is 6.81. The minimum Gasteiger partial charge on any atom is -0.480 e. The Hall–Kier alpha value is -1.89. The molecule has 1 rings (SSSR count). The second kappa shape index (κ2) is 8.10. The van der Waals surface area contributed by atoms with E-state index in [9.17, 15) is 14.4 Å². The number of unbranched alkanes of at least 4 members (excludes halogenated alkanes) is 2. The summed E-state index contributed by atoms with van der Waals surface area (Å²) < 4.78 is 0. The Morgan fingerprint density at radius 1 is 1.26 bits per heavy atom. The van der Waals surface area contributed by atoms with Crippen LogP contribution in [0.5, 0.6) is 0 Å². The van der Waals surface area contributed by atoms with Crippen molar-refractivity contribution in [3.8, 4) is 0 Å². The molecule has 7 heteroatoms. The van der Waals surface area contributed by atoms with Crippen molar-refractivity contribution in [1.29, 1.82) is 0 Å². The second-order valence-electron chi connectivity index (χ2n) is 6.78. The van der Waals surface area contributed by atoms with Gasteiger partial charge in [0.2, 0.25) is 5.91 Å². The van der Waals surface area contributed by atoms with E-state index in [-0.39, 0.29) is 29.5 Å². The summed E-state index contributed by atoms with van der Waals surface area (Å²) in [5.41, 5.74) is -0.112. The zero-order chi connectivity index (χ0) is 17.6. The standard InChI is InChI=1S/C16H26N2O5/c1-16(2)9-11(16)14(21)17-12(15(22)23)7-5-4-6-8-18(3)10-13(19)20/h7,11H,4-6,8-10H2,1-3H3,(H,17,21)(H,19,20)(H,22,23)/b12-7-. The summed E-state index contributed by atoms with van der Waals surface area (Å²) in [5.74, 6) is -2.36. The molecule has 0 aromatic heterocycles. The van der Waals surface area contributed by atoms with Crippen molar-refractivity contribution in [2.24, 2.45) is 11.3 Å². The number of allylic oxidation sites excluding steroid dienone is 1. The molecule has 1 aliphatic rings. The number of carboxylic acids is 2. The quantitative estimate of drug-likeness (QED) is 0.413. The minimum atomic E-state index is -1.14. The molecule has 1 unspecified atom stereocenters. The van der Waals surface area contributed by atoms with Crippen LogP contribution in [0.25, 0.3) is 0 Å². The molecule has 0 saturated heterocycles. The molecular formula is C16H26N2O5. The van der Waals surface area contributed by atoms with E-state index in [1.54, 1.807) is 11.9 Å². The van der Waals surface area contributed by atoms with Gasteiger partial charge in [-0.15, -0.1) is 0 Å². The molecule has 1 aliphatic carbocycles. The number of carbonyl (C=O) groups excluding carboxylic acids is 1. The summed E-state index contributed by atoms with van der Waals surface area (Å²) in [6.45, 7) is 4.58. The van der Waals surface area contributed by atoms with E-state index in [0.29, 0.717) is 13.0 Å². The van der Waals surface area contributed by atoms with Crippen LogP contribution in [-0.2, 0) is 14.4 Å². The van der Waals surface area contributed by atoms with Gasteiger partial charge in [-0.1, -0.05) is 19.9 Å². The van der Waals surface area contributed by atoms with Gasteiger partial charge in [0.25, 0.3) is 0 Å². The number of hydrogen-bond donors (Lipinski definition) is 3. The smallest absolute Gasteiger partial charge is 0.352 e. The van der Waals surface area contributed by atoms with E-state index < -0.39 is 11.9 Å². The van der Waals surface area contributed by atoms with E-state index in [1.807, 2.05) is 13.8 Å². The fourth-order valence-electron chi connectivity index (χ4n) is 2.41. The summed E-state index contributed by atoms with van der Waals surface area (Å²) in [5, 5.41) is 20.3. The van der Waals surface area contributed by atoms with Crippen LogP contribution in [0.2, 0.25) is 0 Å². The first-order valence-corrected chi connectivity index (χ1v) is 7.78. The van der Waals surface area contributed by atoms with Crippen LogP contribution in [0.3, 0.4) is 0 Å². The molecule has 0 spiro atoms. The Morgan fingerprint density at radius 2 is 1.87 bits per heavy atom. The Morgan fingerprint density at radius 3 is 2.35 bits per heavy atom. The number of carbonyl (C=O) groups is 3. The maximum atomic E-state index is 11.9. The average molecular weight is 326 g/mol. The summed E-state index contributed by atoms with van der Waals surface area (Å²) in [6, 6.07) is 0. The number of nitrogens with one attached hydrogen (secondary N) is 1. The highest BCUT2D eigenvalue weighted by molar-refractivity contribution is 5.94. The van der Waals surface area contributed by atoms with Crippen LogP contribution in [0.4, 0.5) is 0 Å². The first-order chi connectivity index (χ1) is 10.6. The predicted octanol–water partition coefficient (Wildman–Crippen LogP) is 1.30. The van der Waals surface area contributed by atoms with Gasteiger partial charge in [-0.2, -0.15) is 0 Å². The molecule has 3 N–H and O–H groups in total. The van der Waals surface area contributed by atoms with E-state index >= 15 is 0 Å². The van der Waals surface area contributed by atoms with Crippen molar-refractivity contribution in [3.05, 3.63) is 11.8 Å². The lowest BCUT2D eigenvalue weighted by Gasteiger charge is -2.13. The fourth-order valence-corrected chi connectivity index (χ4v) is 2.41. The molecule has 1 saturated carbocycles. The van der Waals surface area contributed by atoms with Gasteiger partial charge in [0, 0.05) is 5.92 Å². The summed E-state index contributed by atoms with van der Waals surface area (Å²) in [4.78, 5) is 35.3. The van der Waals surface area contributed by atoms with Crippen molar-refractivity contribution in [2.75, 3.05) is 20.1 Å². The molecule has 0 bridgehead atoms. The average Bonchev–Trinajstić information content (AvgIpc) is 3.05. The third-order valence-corrected chi connectivity index (χ3v) is 4.07. The molecule has 0 aromatic carbocycles. The van der Waals surface area contributed by atoms with Crippen LogP contribution in [-0.4, -0.2) is 53.1 Å². The molecule has 0 radical (unpaired) electrons. The van der Waals surface area contributed by atoms with E-state index in [4.69, 9.17) is 10.2 Å². The van der Waals surface area contributed by atoms with E-state index in [2.05, 4.69) is 5.32 Å². The molecule has 0 aliphatic heterocycles. The molecule has 0 heterocycles. The number of nitrogens with zero attached hydrogens (tertiary/aromatic N) is 1. The van der Waals surface area contributed by atoms with Gasteiger partial charge in [0.1, 0.15) is 5.70 Å². The molecule has 130 valence electrons. The highest BCUT2D eigenvalue weighted by Crippen LogP contribution is 2.51. The predicted molar refractivity (Wildman–Crippen MR) is 84.7 cm³/mol. The Kier molecular flexibility index (Phi) is 6.75. The zero-order valence-corrected chi connectivity index (χ0v) is 14.0. The molecule has 0 aromatic rings. The first kappa shape index (κ1) is 19.2. The van der Waals surface area contributed by atoms with Crippen LogP contribution < -0.4 is 5.32 Å². The number of likely N-dealkylation sites (N-methyl/N-ethyl adjacent to an activating group) is 1. The number of aliphatic carboxylic acids is 2. The second-order valence-corrected chi connectivity index (χ2v) is 6.78. The van der Waals surface area contributed by atoms with Gasteiger partial charge >= 0.3 is 11.9 Å². The Balaban J connectivity index is 2.34. The van der Waals surface area contributed by atoms with Crippen molar-refractivity contribution in [3.63, 3.8) is 0 Å². The minimum absolute atomic E-state index is 0.0105. The summed E-state index contributed by atoms with van der Waals surface area (Å²) >= 11 is 0. The number of amides is 1. The van der Waals surface area contributed by atoms with Crippen molar-refractivity contribution >= 4 is 17.8 Å². The molecule has 1 fully saturated rings. The SMILES string of the molecule is CN(CCCC/C=C(\NC(=O)C1CC1(C)C)C(=O)O)CC(=O)O. The van der Waals surface area contributed by atoms with Gasteiger partial charge in [-0.05, 0) is 44.7 Å². The van der Waals surface area contributed by atoms with Gasteiger partial charge in [-0.3, -0.25) is 14.5 Å². The van der Waals surface area contributed by atoms with Crippen molar-refractivity contribution in [2.45, 2.75) is 39.5 Å². The van der Waals surface area contributed by atoms with Crippen molar-refractivity contribution < 1.29 is 24.6 Å². The molecule has 1 amide bonds. The van der Waals surface area contributed by atoms with Crippen LogP contribution in [0.15, 0.2) is 11.8 Å². The number of rotatable bonds is 10. The Bertz CT molecular complexity index is 499. The number of hydrogen-bond acceptors (Lipinski definition) is 4. The van der Waals surface area contributed by atoms with Gasteiger partial charge in [0.05, 0.1) is 6.54 Å². The van der Waals surface area contributed by atoms with Gasteiger partial charge < -0.3 is 15.5 Å². The molecule has 7 nitrogen and oxygen atoms in total. The topological polar surface area (TPSA) is 107 Å². The van der Waals surface area contributed by atoms with Crippen LogP contribution >= 0.6 is 0 Å². The van der Waals surface area contributed by atoms with Gasteiger partial charge in [0.15, 0.2) is 0 Å². The van der Waals surface area contributed by atoms with Crippen LogP contribution in [0, 0.1) is 11.3 Å². The first-order valence-electron chi connectivity index (χ1n) is 7.78. The molecular weight excluding hydrogens is 300 g/mol. The lowest BCUT2D eigenvalue weighted by molar-refractivity contribution is -0.138. The normalized spacial score (nSPS) is 19.5. The zero-order valence-electron chi connectivity index (χ0n) is 14.0. The van der Waals surface area contributed by atoms with Gasteiger partial charge in [-0.25, -0.2) is 4.79 Å². The number of carboxylic acid groups (broad SMARTS) is 2. The Labute approximate surface area is 136 Å². The lowest BCUT2D eigenvalue weighted by atomic mass is 10.1. The molecule has 1 atom stereocenters. The maximum Gasteiger partial charge on any atom is 0.352 e. The summed E-state index contributed by atoms with van der Waals surface area (Å²) in [7, 11) is 1.73. The molecule has 23 heavy (non-hydrogen) atoms. The monoisotopic (exact) mass is 326 g/mol. The lowest BCUT2D eigenvalue weighted by Crippen LogP contribution is -2.29. The highest BCUT2D eigenvalue weighted by Gasteiger charge is 2.50. The van der Waals surface area contributed by atoms with E-state index in [0.717, 1.165) is 19.3 Å². The maximum absolute atomic E-state index is 11.9. The third-order valence-electron chi connectivity index (χ3n) is 4.07. The van der Waals surface area contributed by atoms with Crippen molar-refractivity contribution in [1.82, 2.24) is 10.2 Å².